The maximum atomic E-state index is 12.9. The van der Waals surface area contributed by atoms with Crippen molar-refractivity contribution < 1.29 is 27.3 Å². The number of ketones is 1. The molecule has 4 rings (SSSR count). The Hall–Kier alpha value is -2.72. The number of carbonyl (C=O) groups excluding carboxylic acids is 2. The van der Waals surface area contributed by atoms with Gasteiger partial charge in [0.15, 0.2) is 11.5 Å². The number of amides is 1. The van der Waals surface area contributed by atoms with Crippen LogP contribution in [0.4, 0.5) is 0 Å². The highest BCUT2D eigenvalue weighted by Gasteiger charge is 2.37. The summed E-state index contributed by atoms with van der Waals surface area (Å²) in [6.45, 7) is 3.66. The SMILES string of the molecule is Cc1noc(C)c1S(=O)(=O)N1CCC(C(=O)N[C@H]2COc3ccccc3C2=O)CC1. The first kappa shape index (κ1) is 20.5. The molecule has 9 nitrogen and oxygen atoms in total. The van der Waals surface area contributed by atoms with Crippen molar-refractivity contribution in [3.8, 4) is 5.75 Å². The van der Waals surface area contributed by atoms with Crippen molar-refractivity contribution in [1.29, 1.82) is 0 Å². The Labute approximate surface area is 174 Å². The van der Waals surface area contributed by atoms with Gasteiger partial charge in [0.1, 0.15) is 29.0 Å². The second-order valence-corrected chi connectivity index (χ2v) is 9.44. The van der Waals surface area contributed by atoms with E-state index >= 15 is 0 Å². The van der Waals surface area contributed by atoms with E-state index in [1.54, 1.807) is 38.1 Å². The smallest absolute Gasteiger partial charge is 0.248 e. The van der Waals surface area contributed by atoms with Crippen LogP contribution in [0.25, 0.3) is 0 Å². The van der Waals surface area contributed by atoms with E-state index in [1.165, 1.54) is 4.31 Å². The molecule has 1 atom stereocenters. The van der Waals surface area contributed by atoms with E-state index in [1.807, 2.05) is 0 Å². The maximum absolute atomic E-state index is 12.9. The van der Waals surface area contributed by atoms with Crippen LogP contribution in [0.2, 0.25) is 0 Å². The van der Waals surface area contributed by atoms with Gasteiger partial charge in [-0.1, -0.05) is 17.3 Å². The molecule has 2 aromatic rings. The molecule has 160 valence electrons. The van der Waals surface area contributed by atoms with Gasteiger partial charge in [0, 0.05) is 19.0 Å². The number of ether oxygens (including phenoxy) is 1. The van der Waals surface area contributed by atoms with Crippen molar-refractivity contribution in [3.63, 3.8) is 0 Å². The summed E-state index contributed by atoms with van der Waals surface area (Å²) in [5.74, 6) is -0.0327. The van der Waals surface area contributed by atoms with Gasteiger partial charge in [-0.05, 0) is 38.8 Å². The molecule has 0 radical (unpaired) electrons. The molecule has 0 aliphatic carbocycles. The summed E-state index contributed by atoms with van der Waals surface area (Å²) in [7, 11) is -3.73. The monoisotopic (exact) mass is 433 g/mol. The topological polar surface area (TPSA) is 119 Å². The van der Waals surface area contributed by atoms with Crippen molar-refractivity contribution in [1.82, 2.24) is 14.8 Å². The number of aromatic nitrogens is 1. The van der Waals surface area contributed by atoms with Crippen LogP contribution in [-0.2, 0) is 14.8 Å². The molecule has 1 amide bonds. The van der Waals surface area contributed by atoms with Gasteiger partial charge in [-0.3, -0.25) is 9.59 Å². The molecule has 2 aliphatic heterocycles. The lowest BCUT2D eigenvalue weighted by molar-refractivity contribution is -0.126. The molecule has 1 aromatic carbocycles. The molecular formula is C20H23N3O6S. The molecule has 2 aliphatic rings. The second-order valence-electron chi connectivity index (χ2n) is 7.56. The summed E-state index contributed by atoms with van der Waals surface area (Å²) in [5.41, 5.74) is 0.776. The lowest BCUT2D eigenvalue weighted by atomic mass is 9.95. The fraction of sp³-hybridized carbons (Fsp3) is 0.450. The summed E-state index contributed by atoms with van der Waals surface area (Å²) < 4.78 is 37.7. The highest BCUT2D eigenvalue weighted by Crippen LogP contribution is 2.28. The summed E-state index contributed by atoms with van der Waals surface area (Å²) in [6.07, 6.45) is 0.736. The van der Waals surface area contributed by atoms with Crippen LogP contribution in [0, 0.1) is 19.8 Å². The average molecular weight is 433 g/mol. The number of piperidine rings is 1. The minimum atomic E-state index is -3.73. The van der Waals surface area contributed by atoms with Crippen LogP contribution < -0.4 is 10.1 Å². The number of nitrogens with one attached hydrogen (secondary N) is 1. The number of para-hydroxylation sites is 1. The summed E-state index contributed by atoms with van der Waals surface area (Å²) in [5, 5.41) is 6.49. The van der Waals surface area contributed by atoms with Crippen LogP contribution in [-0.4, -0.2) is 55.3 Å². The van der Waals surface area contributed by atoms with Crippen molar-refractivity contribution in [2.75, 3.05) is 19.7 Å². The molecule has 10 heteroatoms. The Balaban J connectivity index is 1.38. The molecule has 3 heterocycles. The van der Waals surface area contributed by atoms with Crippen molar-refractivity contribution in [2.24, 2.45) is 5.92 Å². The van der Waals surface area contributed by atoms with Gasteiger partial charge in [-0.15, -0.1) is 0 Å². The first-order chi connectivity index (χ1) is 14.3. The minimum Gasteiger partial charge on any atom is -0.490 e. The standard InChI is InChI=1S/C20H23N3O6S/c1-12-19(13(2)29-22-12)30(26,27)23-9-7-14(8-10-23)20(25)21-16-11-28-17-6-4-3-5-15(17)18(16)24/h3-6,14,16H,7-11H2,1-2H3,(H,21,25)/t16-/m0/s1. The van der Waals surface area contributed by atoms with E-state index in [-0.39, 0.29) is 48.0 Å². The van der Waals surface area contributed by atoms with Crippen LogP contribution in [0.15, 0.2) is 33.7 Å². The summed E-state index contributed by atoms with van der Waals surface area (Å²) in [4.78, 5) is 25.4. The Morgan fingerprint density at radius 3 is 2.57 bits per heavy atom. The first-order valence-electron chi connectivity index (χ1n) is 9.78. The van der Waals surface area contributed by atoms with Crippen molar-refractivity contribution in [2.45, 2.75) is 37.6 Å². The number of benzene rings is 1. The number of sulfonamides is 1. The van der Waals surface area contributed by atoms with Crippen LogP contribution in [0.5, 0.6) is 5.75 Å². The highest BCUT2D eigenvalue weighted by molar-refractivity contribution is 7.89. The number of aryl methyl sites for hydroxylation is 2. The van der Waals surface area contributed by atoms with Gasteiger partial charge in [-0.25, -0.2) is 8.42 Å². The predicted octanol–water partition coefficient (Wildman–Crippen LogP) is 1.45. The Morgan fingerprint density at radius 2 is 1.90 bits per heavy atom. The summed E-state index contributed by atoms with van der Waals surface area (Å²) in [6, 6.07) is 6.19. The third-order valence-electron chi connectivity index (χ3n) is 5.58. The molecular weight excluding hydrogens is 410 g/mol. The zero-order valence-electron chi connectivity index (χ0n) is 16.8. The van der Waals surface area contributed by atoms with E-state index in [4.69, 9.17) is 9.26 Å². The number of nitrogens with zero attached hydrogens (tertiary/aromatic N) is 2. The van der Waals surface area contributed by atoms with E-state index in [2.05, 4.69) is 10.5 Å². The van der Waals surface area contributed by atoms with Crippen LogP contribution in [0.1, 0.15) is 34.7 Å². The molecule has 1 N–H and O–H groups in total. The van der Waals surface area contributed by atoms with Crippen LogP contribution >= 0.6 is 0 Å². The zero-order valence-corrected chi connectivity index (χ0v) is 17.6. The molecule has 1 saturated heterocycles. The molecule has 0 bridgehead atoms. The molecule has 1 aromatic heterocycles. The first-order valence-corrected chi connectivity index (χ1v) is 11.2. The molecule has 0 unspecified atom stereocenters. The number of hydrogen-bond acceptors (Lipinski definition) is 7. The normalized spacial score (nSPS) is 20.5. The number of carbonyl (C=O) groups is 2. The quantitative estimate of drug-likeness (QED) is 0.775. The number of rotatable bonds is 4. The van der Waals surface area contributed by atoms with Crippen molar-refractivity contribution in [3.05, 3.63) is 41.3 Å². The average Bonchev–Trinajstić information content (AvgIpc) is 3.09. The fourth-order valence-electron chi connectivity index (χ4n) is 3.96. The lowest BCUT2D eigenvalue weighted by Crippen LogP contribution is -2.51. The highest BCUT2D eigenvalue weighted by atomic mass is 32.2. The van der Waals surface area contributed by atoms with Crippen molar-refractivity contribution >= 4 is 21.7 Å². The number of hydrogen-bond donors (Lipinski definition) is 1. The van der Waals surface area contributed by atoms with Gasteiger partial charge in [0.2, 0.25) is 15.9 Å². The fourth-order valence-corrected chi connectivity index (χ4v) is 5.72. The Bertz CT molecular complexity index is 1070. The largest absolute Gasteiger partial charge is 0.490 e. The van der Waals surface area contributed by atoms with Gasteiger partial charge in [-0.2, -0.15) is 4.31 Å². The Morgan fingerprint density at radius 1 is 1.20 bits per heavy atom. The molecule has 30 heavy (non-hydrogen) atoms. The van der Waals surface area contributed by atoms with E-state index in [9.17, 15) is 18.0 Å². The van der Waals surface area contributed by atoms with Gasteiger partial charge >= 0.3 is 0 Å². The molecule has 0 saturated carbocycles. The maximum Gasteiger partial charge on any atom is 0.248 e. The van der Waals surface area contributed by atoms with Gasteiger partial charge in [0.25, 0.3) is 0 Å². The zero-order chi connectivity index (χ0) is 21.5. The predicted molar refractivity (Wildman–Crippen MR) is 106 cm³/mol. The summed E-state index contributed by atoms with van der Waals surface area (Å²) >= 11 is 0. The van der Waals surface area contributed by atoms with Gasteiger partial charge in [0.05, 0.1) is 5.56 Å². The van der Waals surface area contributed by atoms with Gasteiger partial charge < -0.3 is 14.6 Å². The minimum absolute atomic E-state index is 0.0842. The number of Topliss-reactive ketones (excluding diaryl/α,β-unsaturated/α-hetero) is 1. The van der Waals surface area contributed by atoms with E-state index in [0.29, 0.717) is 29.8 Å². The molecule has 0 spiro atoms. The van der Waals surface area contributed by atoms with Crippen LogP contribution in [0.3, 0.4) is 0 Å². The lowest BCUT2D eigenvalue weighted by Gasteiger charge is -2.32. The third-order valence-corrected chi connectivity index (χ3v) is 7.73. The number of fused-ring (bicyclic) bond motifs is 1. The third kappa shape index (κ3) is 3.61. The van der Waals surface area contributed by atoms with E-state index in [0.717, 1.165) is 0 Å². The van der Waals surface area contributed by atoms with E-state index < -0.39 is 16.1 Å². The molecule has 1 fully saturated rings. The Kier molecular flexibility index (Phi) is 5.37. The second kappa shape index (κ2) is 7.84.